The first-order valence-corrected chi connectivity index (χ1v) is 7.92. The summed E-state index contributed by atoms with van der Waals surface area (Å²) in [4.78, 5) is 24.2. The van der Waals surface area contributed by atoms with E-state index in [4.69, 9.17) is 4.74 Å². The van der Waals surface area contributed by atoms with Gasteiger partial charge in [-0.15, -0.1) is 0 Å². The number of carbonyl (C=O) groups is 1. The average Bonchev–Trinajstić information content (AvgIpc) is 2.56. The second-order valence-electron chi connectivity index (χ2n) is 5.79. The number of amides is 1. The molecule has 0 saturated carbocycles. The van der Waals surface area contributed by atoms with Crippen LogP contribution in [0.15, 0.2) is 18.6 Å². The smallest absolute Gasteiger partial charge is 0.248 e. The fraction of sp³-hybridized carbons (Fsp3) is 0.667. The highest BCUT2D eigenvalue weighted by Gasteiger charge is 2.22. The molecule has 2 saturated heterocycles. The summed E-state index contributed by atoms with van der Waals surface area (Å²) in [5.74, 6) is 1.01. The zero-order valence-corrected chi connectivity index (χ0v) is 12.8. The molecule has 7 nitrogen and oxygen atoms in total. The number of rotatable bonds is 5. The summed E-state index contributed by atoms with van der Waals surface area (Å²) >= 11 is 0. The lowest BCUT2D eigenvalue weighted by molar-refractivity contribution is -0.142. The van der Waals surface area contributed by atoms with E-state index in [2.05, 4.69) is 20.2 Å². The number of piperidine rings is 1. The van der Waals surface area contributed by atoms with E-state index in [1.807, 2.05) is 11.0 Å². The second kappa shape index (κ2) is 7.51. The zero-order chi connectivity index (χ0) is 15.2. The van der Waals surface area contributed by atoms with Crippen LogP contribution in [0.25, 0.3) is 0 Å². The predicted molar refractivity (Wildman–Crippen MR) is 82.5 cm³/mol. The van der Waals surface area contributed by atoms with Gasteiger partial charge in [0.05, 0.1) is 6.61 Å². The number of ether oxygens (including phenoxy) is 1. The predicted octanol–water partition coefficient (Wildman–Crippen LogP) is 0.212. The Kier molecular flexibility index (Phi) is 5.18. The molecule has 2 aliphatic rings. The Labute approximate surface area is 130 Å². The van der Waals surface area contributed by atoms with Crippen LogP contribution < -0.4 is 5.32 Å². The van der Waals surface area contributed by atoms with Crippen LogP contribution in [0.4, 0.5) is 5.82 Å². The molecule has 7 heteroatoms. The number of likely N-dealkylation sites (tertiary alicyclic amines) is 1. The molecule has 0 bridgehead atoms. The van der Waals surface area contributed by atoms with Gasteiger partial charge in [0.2, 0.25) is 5.91 Å². The third kappa shape index (κ3) is 4.14. The minimum Gasteiger partial charge on any atom is -0.370 e. The van der Waals surface area contributed by atoms with Crippen molar-refractivity contribution in [2.75, 3.05) is 51.3 Å². The summed E-state index contributed by atoms with van der Waals surface area (Å²) in [6.07, 6.45) is 5.52. The molecule has 2 fully saturated rings. The first-order chi connectivity index (χ1) is 10.8. The lowest BCUT2D eigenvalue weighted by atomic mass is 10.1. The molecule has 120 valence electrons. The van der Waals surface area contributed by atoms with Crippen LogP contribution in [0.1, 0.15) is 12.8 Å². The molecule has 0 unspecified atom stereocenters. The highest BCUT2D eigenvalue weighted by atomic mass is 16.5. The van der Waals surface area contributed by atoms with Crippen molar-refractivity contribution < 1.29 is 9.53 Å². The number of hydrogen-bond donors (Lipinski definition) is 1. The van der Waals surface area contributed by atoms with E-state index in [1.165, 1.54) is 0 Å². The summed E-state index contributed by atoms with van der Waals surface area (Å²) in [6.45, 7) is 5.51. The van der Waals surface area contributed by atoms with Crippen molar-refractivity contribution in [2.24, 2.45) is 0 Å². The van der Waals surface area contributed by atoms with Crippen molar-refractivity contribution in [3.05, 3.63) is 18.6 Å². The molecule has 1 aromatic rings. The van der Waals surface area contributed by atoms with Gasteiger partial charge >= 0.3 is 0 Å². The summed E-state index contributed by atoms with van der Waals surface area (Å²) in [6, 6.07) is 2.37. The van der Waals surface area contributed by atoms with Crippen LogP contribution in [0.5, 0.6) is 0 Å². The van der Waals surface area contributed by atoms with Gasteiger partial charge in [-0.05, 0) is 18.9 Å². The van der Waals surface area contributed by atoms with Gasteiger partial charge in [-0.2, -0.15) is 0 Å². The lowest BCUT2D eigenvalue weighted by Crippen LogP contribution is -2.47. The molecule has 3 heterocycles. The molecule has 1 aromatic heterocycles. The van der Waals surface area contributed by atoms with Crippen molar-refractivity contribution in [2.45, 2.75) is 18.9 Å². The maximum atomic E-state index is 11.7. The molecule has 1 amide bonds. The minimum atomic E-state index is 0.117. The molecule has 0 atom stereocenters. The Bertz CT molecular complexity index is 476. The van der Waals surface area contributed by atoms with E-state index in [-0.39, 0.29) is 12.5 Å². The van der Waals surface area contributed by atoms with Crippen LogP contribution in [0, 0.1) is 0 Å². The molecular formula is C15H23N5O2. The molecule has 0 radical (unpaired) electrons. The number of hydrogen-bond acceptors (Lipinski definition) is 6. The summed E-state index contributed by atoms with van der Waals surface area (Å²) in [5, 5.41) is 3.46. The Morgan fingerprint density at radius 3 is 2.86 bits per heavy atom. The van der Waals surface area contributed by atoms with Crippen molar-refractivity contribution in [1.82, 2.24) is 19.8 Å². The van der Waals surface area contributed by atoms with Gasteiger partial charge in [-0.25, -0.2) is 9.97 Å². The first kappa shape index (κ1) is 15.2. The third-order valence-corrected chi connectivity index (χ3v) is 4.29. The fourth-order valence-electron chi connectivity index (χ4n) is 2.93. The molecule has 0 spiro atoms. The van der Waals surface area contributed by atoms with Gasteiger partial charge in [0, 0.05) is 45.0 Å². The molecular weight excluding hydrogens is 282 g/mol. The van der Waals surface area contributed by atoms with Crippen molar-refractivity contribution in [3.8, 4) is 0 Å². The quantitative estimate of drug-likeness (QED) is 0.839. The normalized spacial score (nSPS) is 21.1. The first-order valence-electron chi connectivity index (χ1n) is 7.92. The van der Waals surface area contributed by atoms with E-state index in [1.54, 1.807) is 12.5 Å². The van der Waals surface area contributed by atoms with Crippen LogP contribution >= 0.6 is 0 Å². The van der Waals surface area contributed by atoms with Crippen molar-refractivity contribution >= 4 is 11.7 Å². The van der Waals surface area contributed by atoms with E-state index in [0.717, 1.165) is 51.4 Å². The minimum absolute atomic E-state index is 0.117. The molecule has 0 aromatic carbocycles. The number of anilines is 1. The number of nitrogens with one attached hydrogen (secondary N) is 1. The monoisotopic (exact) mass is 305 g/mol. The van der Waals surface area contributed by atoms with Crippen LogP contribution in [-0.2, 0) is 9.53 Å². The Morgan fingerprint density at radius 1 is 1.27 bits per heavy atom. The van der Waals surface area contributed by atoms with Gasteiger partial charge in [0.15, 0.2) is 0 Å². The summed E-state index contributed by atoms with van der Waals surface area (Å²) < 4.78 is 5.15. The van der Waals surface area contributed by atoms with Crippen molar-refractivity contribution in [1.29, 1.82) is 0 Å². The Hall–Kier alpha value is -1.73. The third-order valence-electron chi connectivity index (χ3n) is 4.29. The molecule has 22 heavy (non-hydrogen) atoms. The number of aromatic nitrogens is 2. The van der Waals surface area contributed by atoms with Crippen LogP contribution in [0.3, 0.4) is 0 Å². The average molecular weight is 305 g/mol. The van der Waals surface area contributed by atoms with E-state index in [0.29, 0.717) is 12.6 Å². The maximum Gasteiger partial charge on any atom is 0.248 e. The Morgan fingerprint density at radius 2 is 2.14 bits per heavy atom. The molecule has 2 aliphatic heterocycles. The maximum absolute atomic E-state index is 11.7. The molecule has 3 rings (SSSR count). The van der Waals surface area contributed by atoms with Crippen molar-refractivity contribution in [3.63, 3.8) is 0 Å². The van der Waals surface area contributed by atoms with E-state index >= 15 is 0 Å². The largest absolute Gasteiger partial charge is 0.370 e. The summed E-state index contributed by atoms with van der Waals surface area (Å²) in [5.41, 5.74) is 0. The topological polar surface area (TPSA) is 70.6 Å². The van der Waals surface area contributed by atoms with Gasteiger partial charge in [0.25, 0.3) is 0 Å². The van der Waals surface area contributed by atoms with Gasteiger partial charge < -0.3 is 19.9 Å². The van der Waals surface area contributed by atoms with Crippen LogP contribution in [-0.4, -0.2) is 77.7 Å². The standard InChI is InChI=1S/C15H23N5O2/c21-15-11-22-10-9-20(15)8-7-19-5-2-13(3-6-19)18-14-1-4-16-12-17-14/h1,4,12-13H,2-3,5-11H2,(H,16,17,18). The fourth-order valence-corrected chi connectivity index (χ4v) is 2.93. The van der Waals surface area contributed by atoms with Crippen LogP contribution in [0.2, 0.25) is 0 Å². The summed E-state index contributed by atoms with van der Waals surface area (Å²) in [7, 11) is 0. The highest BCUT2D eigenvalue weighted by molar-refractivity contribution is 5.77. The number of nitrogens with zero attached hydrogens (tertiary/aromatic N) is 4. The zero-order valence-electron chi connectivity index (χ0n) is 12.8. The number of carbonyl (C=O) groups excluding carboxylic acids is 1. The van der Waals surface area contributed by atoms with Gasteiger partial charge in [-0.3, -0.25) is 4.79 Å². The second-order valence-corrected chi connectivity index (χ2v) is 5.79. The Balaban J connectivity index is 1.37. The SMILES string of the molecule is O=C1COCCN1CCN1CCC(Nc2ccncn2)CC1. The lowest BCUT2D eigenvalue weighted by Gasteiger charge is -2.34. The highest BCUT2D eigenvalue weighted by Crippen LogP contribution is 2.14. The number of morpholine rings is 1. The van der Waals surface area contributed by atoms with E-state index < -0.39 is 0 Å². The van der Waals surface area contributed by atoms with Gasteiger partial charge in [0.1, 0.15) is 18.8 Å². The van der Waals surface area contributed by atoms with E-state index in [9.17, 15) is 4.79 Å². The van der Waals surface area contributed by atoms with Gasteiger partial charge in [-0.1, -0.05) is 0 Å². The molecule has 1 N–H and O–H groups in total. The molecule has 0 aliphatic carbocycles.